The van der Waals surface area contributed by atoms with Crippen molar-refractivity contribution in [3.63, 3.8) is 0 Å². The third-order valence-corrected chi connectivity index (χ3v) is 1.94. The zero-order chi connectivity index (χ0) is 11.5. The summed E-state index contributed by atoms with van der Waals surface area (Å²) in [4.78, 5) is 21.7. The Morgan fingerprint density at radius 3 is 2.47 bits per heavy atom. The number of hydrogen-bond acceptors (Lipinski definition) is 3. The van der Waals surface area contributed by atoms with E-state index < -0.39 is 5.97 Å². The molecule has 0 saturated carbocycles. The molecule has 0 bridgehead atoms. The standard InChI is InChI=1S/C10H20N2O3/c1-3-4-5-6-7-11-10(14)12-8-9(13)15-2/h3-8H2,1-2H3,(H2,11,12,14). The van der Waals surface area contributed by atoms with Crippen LogP contribution in [0.4, 0.5) is 4.79 Å². The van der Waals surface area contributed by atoms with E-state index in [0.29, 0.717) is 6.54 Å². The van der Waals surface area contributed by atoms with Crippen molar-refractivity contribution in [1.82, 2.24) is 10.6 Å². The average molecular weight is 216 g/mol. The molecular weight excluding hydrogens is 196 g/mol. The number of esters is 1. The van der Waals surface area contributed by atoms with Crippen LogP contribution in [-0.2, 0) is 9.53 Å². The molecule has 0 radical (unpaired) electrons. The van der Waals surface area contributed by atoms with Crippen molar-refractivity contribution in [1.29, 1.82) is 0 Å². The molecule has 2 amide bonds. The van der Waals surface area contributed by atoms with Crippen LogP contribution in [0.2, 0.25) is 0 Å². The van der Waals surface area contributed by atoms with Gasteiger partial charge in [0.15, 0.2) is 0 Å². The van der Waals surface area contributed by atoms with Gasteiger partial charge < -0.3 is 15.4 Å². The van der Waals surface area contributed by atoms with Gasteiger partial charge in [-0.2, -0.15) is 0 Å². The maximum Gasteiger partial charge on any atom is 0.325 e. The van der Waals surface area contributed by atoms with Crippen molar-refractivity contribution >= 4 is 12.0 Å². The average Bonchev–Trinajstić information content (AvgIpc) is 2.25. The fourth-order valence-corrected chi connectivity index (χ4v) is 1.04. The lowest BCUT2D eigenvalue weighted by molar-refractivity contribution is -0.139. The Morgan fingerprint density at radius 1 is 1.13 bits per heavy atom. The van der Waals surface area contributed by atoms with Gasteiger partial charge in [0, 0.05) is 6.54 Å². The number of rotatable bonds is 7. The molecule has 0 aromatic heterocycles. The minimum Gasteiger partial charge on any atom is -0.468 e. The molecule has 5 heteroatoms. The van der Waals surface area contributed by atoms with Crippen LogP contribution in [0, 0.1) is 0 Å². The first kappa shape index (κ1) is 13.7. The molecule has 0 atom stereocenters. The maximum absolute atomic E-state index is 11.1. The van der Waals surface area contributed by atoms with Crippen molar-refractivity contribution in [2.45, 2.75) is 32.6 Å². The predicted molar refractivity (Wildman–Crippen MR) is 57.6 cm³/mol. The van der Waals surface area contributed by atoms with Gasteiger partial charge in [-0.15, -0.1) is 0 Å². The van der Waals surface area contributed by atoms with Crippen molar-refractivity contribution in [2.24, 2.45) is 0 Å². The third-order valence-electron chi connectivity index (χ3n) is 1.94. The summed E-state index contributed by atoms with van der Waals surface area (Å²) in [6.45, 7) is 2.70. The van der Waals surface area contributed by atoms with Gasteiger partial charge in [0.25, 0.3) is 0 Å². The highest BCUT2D eigenvalue weighted by molar-refractivity contribution is 5.80. The van der Waals surface area contributed by atoms with Gasteiger partial charge in [-0.25, -0.2) is 4.79 Å². The van der Waals surface area contributed by atoms with Gasteiger partial charge in [-0.1, -0.05) is 26.2 Å². The molecule has 0 saturated heterocycles. The second kappa shape index (κ2) is 9.30. The Morgan fingerprint density at radius 2 is 1.87 bits per heavy atom. The zero-order valence-corrected chi connectivity index (χ0v) is 9.47. The largest absolute Gasteiger partial charge is 0.468 e. The van der Waals surface area contributed by atoms with Crippen LogP contribution in [-0.4, -0.2) is 32.2 Å². The SMILES string of the molecule is CCCCCCNC(=O)NCC(=O)OC. The summed E-state index contributed by atoms with van der Waals surface area (Å²) >= 11 is 0. The number of unbranched alkanes of at least 4 members (excludes halogenated alkanes) is 3. The minimum absolute atomic E-state index is 0.0860. The number of ether oxygens (including phenoxy) is 1. The summed E-state index contributed by atoms with van der Waals surface area (Å²) in [6.07, 6.45) is 4.45. The first-order valence-electron chi connectivity index (χ1n) is 5.29. The van der Waals surface area contributed by atoms with Crippen LogP contribution >= 0.6 is 0 Å². The highest BCUT2D eigenvalue weighted by Gasteiger charge is 2.03. The molecule has 5 nitrogen and oxygen atoms in total. The van der Waals surface area contributed by atoms with E-state index in [0.717, 1.165) is 12.8 Å². The van der Waals surface area contributed by atoms with Crippen LogP contribution in [0.3, 0.4) is 0 Å². The van der Waals surface area contributed by atoms with Crippen LogP contribution in [0.25, 0.3) is 0 Å². The molecule has 15 heavy (non-hydrogen) atoms. The Labute approximate surface area is 90.6 Å². The lowest BCUT2D eigenvalue weighted by atomic mass is 10.2. The number of carbonyl (C=O) groups excluding carboxylic acids is 2. The highest BCUT2D eigenvalue weighted by Crippen LogP contribution is 1.96. The van der Waals surface area contributed by atoms with Crippen molar-refractivity contribution in [2.75, 3.05) is 20.2 Å². The summed E-state index contributed by atoms with van der Waals surface area (Å²) in [7, 11) is 1.28. The van der Waals surface area contributed by atoms with E-state index in [1.807, 2.05) is 0 Å². The van der Waals surface area contributed by atoms with Crippen LogP contribution in [0.1, 0.15) is 32.6 Å². The second-order valence-corrected chi connectivity index (χ2v) is 3.25. The summed E-state index contributed by atoms with van der Waals surface area (Å²) in [5.41, 5.74) is 0. The predicted octanol–water partition coefficient (Wildman–Crippen LogP) is 1.04. The molecule has 0 aromatic carbocycles. The number of hydrogen-bond donors (Lipinski definition) is 2. The molecule has 0 aliphatic rings. The fourth-order valence-electron chi connectivity index (χ4n) is 1.04. The lowest BCUT2D eigenvalue weighted by Gasteiger charge is -2.06. The molecular formula is C10H20N2O3. The van der Waals surface area contributed by atoms with E-state index in [9.17, 15) is 9.59 Å². The van der Waals surface area contributed by atoms with Crippen molar-refractivity contribution in [3.05, 3.63) is 0 Å². The van der Waals surface area contributed by atoms with Gasteiger partial charge in [-0.3, -0.25) is 4.79 Å². The van der Waals surface area contributed by atoms with E-state index in [2.05, 4.69) is 22.3 Å². The topological polar surface area (TPSA) is 67.4 Å². The molecule has 88 valence electrons. The molecule has 0 aliphatic heterocycles. The number of nitrogens with one attached hydrogen (secondary N) is 2. The van der Waals surface area contributed by atoms with E-state index in [1.54, 1.807) is 0 Å². The number of methoxy groups -OCH3 is 1. The molecule has 0 aromatic rings. The Hall–Kier alpha value is -1.26. The van der Waals surface area contributed by atoms with Gasteiger partial charge in [0.1, 0.15) is 6.54 Å². The molecule has 0 spiro atoms. The Bertz CT molecular complexity index is 195. The summed E-state index contributed by atoms with van der Waals surface area (Å²) < 4.78 is 4.38. The first-order valence-corrected chi connectivity index (χ1v) is 5.29. The molecule has 0 unspecified atom stereocenters. The summed E-state index contributed by atoms with van der Waals surface area (Å²) in [6, 6.07) is -0.322. The monoisotopic (exact) mass is 216 g/mol. The van der Waals surface area contributed by atoms with Crippen LogP contribution < -0.4 is 10.6 Å². The molecule has 0 rings (SSSR count). The smallest absolute Gasteiger partial charge is 0.325 e. The van der Waals surface area contributed by atoms with Gasteiger partial charge in [-0.05, 0) is 6.42 Å². The summed E-state index contributed by atoms with van der Waals surface area (Å²) in [5.74, 6) is -0.448. The van der Waals surface area contributed by atoms with Crippen LogP contribution in [0.5, 0.6) is 0 Å². The Balaban J connectivity index is 3.30. The first-order chi connectivity index (χ1) is 7.20. The highest BCUT2D eigenvalue weighted by atomic mass is 16.5. The molecule has 0 aliphatic carbocycles. The molecule has 2 N–H and O–H groups in total. The van der Waals surface area contributed by atoms with Gasteiger partial charge >= 0.3 is 12.0 Å². The van der Waals surface area contributed by atoms with E-state index in [1.165, 1.54) is 20.0 Å². The van der Waals surface area contributed by atoms with Crippen molar-refractivity contribution < 1.29 is 14.3 Å². The van der Waals surface area contributed by atoms with E-state index >= 15 is 0 Å². The van der Waals surface area contributed by atoms with Crippen LogP contribution in [0.15, 0.2) is 0 Å². The van der Waals surface area contributed by atoms with E-state index in [4.69, 9.17) is 0 Å². The minimum atomic E-state index is -0.448. The lowest BCUT2D eigenvalue weighted by Crippen LogP contribution is -2.39. The van der Waals surface area contributed by atoms with E-state index in [-0.39, 0.29) is 12.6 Å². The third kappa shape index (κ3) is 9.05. The number of urea groups is 1. The van der Waals surface area contributed by atoms with Gasteiger partial charge in [0.05, 0.1) is 7.11 Å². The zero-order valence-electron chi connectivity index (χ0n) is 9.47. The Kier molecular flexibility index (Phi) is 8.52. The summed E-state index contributed by atoms with van der Waals surface area (Å²) in [5, 5.41) is 5.06. The second-order valence-electron chi connectivity index (χ2n) is 3.25. The maximum atomic E-state index is 11.1. The number of amides is 2. The fraction of sp³-hybridized carbons (Fsp3) is 0.800. The molecule has 0 fully saturated rings. The van der Waals surface area contributed by atoms with Crippen molar-refractivity contribution in [3.8, 4) is 0 Å². The normalized spacial score (nSPS) is 9.47. The number of carbonyl (C=O) groups is 2. The molecule has 0 heterocycles. The quantitative estimate of drug-likeness (QED) is 0.493. The van der Waals surface area contributed by atoms with Gasteiger partial charge in [0.2, 0.25) is 0 Å².